The van der Waals surface area contributed by atoms with Gasteiger partial charge in [0.05, 0.1) is 0 Å². The standard InChI is InChI=1S/C14H19NS/c1-9-7-12(9)15-14-10(2)8-16-13-6-4-3-5-11(13)14/h3-6,9-10,12,14-15H,7-8H2,1-2H3. The Morgan fingerprint density at radius 3 is 2.69 bits per heavy atom. The summed E-state index contributed by atoms with van der Waals surface area (Å²) in [6.07, 6.45) is 1.36. The summed E-state index contributed by atoms with van der Waals surface area (Å²) < 4.78 is 0. The van der Waals surface area contributed by atoms with Crippen LogP contribution in [0.4, 0.5) is 0 Å². The molecular weight excluding hydrogens is 214 g/mol. The highest BCUT2D eigenvalue weighted by Gasteiger charge is 2.37. The van der Waals surface area contributed by atoms with Gasteiger partial charge in [0.15, 0.2) is 0 Å². The fraction of sp³-hybridized carbons (Fsp3) is 0.571. The Kier molecular flexibility index (Phi) is 2.72. The largest absolute Gasteiger partial charge is 0.307 e. The van der Waals surface area contributed by atoms with E-state index >= 15 is 0 Å². The van der Waals surface area contributed by atoms with Crippen LogP contribution >= 0.6 is 11.8 Å². The van der Waals surface area contributed by atoms with Gasteiger partial charge >= 0.3 is 0 Å². The van der Waals surface area contributed by atoms with Crippen molar-refractivity contribution >= 4 is 11.8 Å². The lowest BCUT2D eigenvalue weighted by atomic mass is 9.95. The molecule has 4 unspecified atom stereocenters. The molecule has 2 aliphatic rings. The molecule has 0 radical (unpaired) electrons. The summed E-state index contributed by atoms with van der Waals surface area (Å²) in [5.74, 6) is 2.87. The van der Waals surface area contributed by atoms with E-state index < -0.39 is 0 Å². The highest BCUT2D eigenvalue weighted by Crippen LogP contribution is 2.42. The SMILES string of the molecule is CC1CC1NC1c2ccccc2SCC1C. The Balaban J connectivity index is 1.85. The highest BCUT2D eigenvalue weighted by atomic mass is 32.2. The van der Waals surface area contributed by atoms with E-state index in [1.165, 1.54) is 22.6 Å². The first-order chi connectivity index (χ1) is 7.75. The Bertz CT molecular complexity index is 390. The third-order valence-corrected chi connectivity index (χ3v) is 5.20. The zero-order chi connectivity index (χ0) is 11.1. The zero-order valence-corrected chi connectivity index (χ0v) is 10.8. The molecule has 4 atom stereocenters. The summed E-state index contributed by atoms with van der Waals surface area (Å²) >= 11 is 2.01. The van der Waals surface area contributed by atoms with Crippen LogP contribution in [0.3, 0.4) is 0 Å². The molecule has 1 fully saturated rings. The van der Waals surface area contributed by atoms with Crippen LogP contribution in [-0.2, 0) is 0 Å². The van der Waals surface area contributed by atoms with Gasteiger partial charge in [0.1, 0.15) is 0 Å². The van der Waals surface area contributed by atoms with Crippen LogP contribution in [0, 0.1) is 11.8 Å². The van der Waals surface area contributed by atoms with Crippen molar-refractivity contribution < 1.29 is 0 Å². The number of thioether (sulfide) groups is 1. The molecule has 1 aromatic rings. The monoisotopic (exact) mass is 233 g/mol. The van der Waals surface area contributed by atoms with Crippen LogP contribution in [0.5, 0.6) is 0 Å². The average Bonchev–Trinajstić information content (AvgIpc) is 2.99. The molecule has 0 aromatic heterocycles. The third-order valence-electron chi connectivity index (χ3n) is 3.83. The number of benzene rings is 1. The Morgan fingerprint density at radius 2 is 1.94 bits per heavy atom. The molecule has 1 N–H and O–H groups in total. The molecular formula is C14H19NS. The van der Waals surface area contributed by atoms with Crippen molar-refractivity contribution in [2.75, 3.05) is 5.75 Å². The molecule has 2 heteroatoms. The van der Waals surface area contributed by atoms with E-state index in [0.29, 0.717) is 6.04 Å². The van der Waals surface area contributed by atoms with Gasteiger partial charge in [0, 0.05) is 22.7 Å². The quantitative estimate of drug-likeness (QED) is 0.839. The minimum atomic E-state index is 0.576. The fourth-order valence-electron chi connectivity index (χ4n) is 2.53. The molecule has 0 bridgehead atoms. The molecule has 16 heavy (non-hydrogen) atoms. The van der Waals surface area contributed by atoms with E-state index in [4.69, 9.17) is 0 Å². The molecule has 0 saturated heterocycles. The second-order valence-corrected chi connectivity index (χ2v) is 6.35. The Labute approximate surface area is 102 Å². The molecule has 0 spiro atoms. The number of nitrogens with one attached hydrogen (secondary N) is 1. The normalized spacial score (nSPS) is 36.9. The van der Waals surface area contributed by atoms with Crippen molar-refractivity contribution in [3.63, 3.8) is 0 Å². The molecule has 86 valence electrons. The maximum Gasteiger partial charge on any atom is 0.0367 e. The summed E-state index contributed by atoms with van der Waals surface area (Å²) in [5.41, 5.74) is 1.52. The van der Waals surface area contributed by atoms with Crippen LogP contribution in [-0.4, -0.2) is 11.8 Å². The molecule has 1 nitrogen and oxygen atoms in total. The third kappa shape index (κ3) is 1.89. The molecule has 1 aliphatic carbocycles. The van der Waals surface area contributed by atoms with Crippen molar-refractivity contribution in [2.45, 2.75) is 37.2 Å². The van der Waals surface area contributed by atoms with Gasteiger partial charge < -0.3 is 5.32 Å². The molecule has 1 aromatic carbocycles. The van der Waals surface area contributed by atoms with Gasteiger partial charge in [-0.2, -0.15) is 0 Å². The van der Waals surface area contributed by atoms with E-state index in [1.54, 1.807) is 0 Å². The van der Waals surface area contributed by atoms with Gasteiger partial charge in [-0.05, 0) is 29.9 Å². The lowest BCUT2D eigenvalue weighted by molar-refractivity contribution is 0.397. The van der Waals surface area contributed by atoms with Crippen LogP contribution in [0.2, 0.25) is 0 Å². The van der Waals surface area contributed by atoms with Crippen molar-refractivity contribution in [2.24, 2.45) is 11.8 Å². The molecule has 3 rings (SSSR count). The number of fused-ring (bicyclic) bond motifs is 1. The summed E-state index contributed by atoms with van der Waals surface area (Å²) in [6.45, 7) is 4.71. The first kappa shape index (κ1) is 10.7. The zero-order valence-electron chi connectivity index (χ0n) is 9.94. The minimum absolute atomic E-state index is 0.576. The first-order valence-electron chi connectivity index (χ1n) is 6.23. The van der Waals surface area contributed by atoms with Gasteiger partial charge in [-0.15, -0.1) is 11.8 Å². The van der Waals surface area contributed by atoms with E-state index in [1.807, 2.05) is 11.8 Å². The number of hydrogen-bond donors (Lipinski definition) is 1. The van der Waals surface area contributed by atoms with E-state index in [9.17, 15) is 0 Å². The van der Waals surface area contributed by atoms with Gasteiger partial charge in [-0.25, -0.2) is 0 Å². The van der Waals surface area contributed by atoms with Crippen LogP contribution < -0.4 is 5.32 Å². The second-order valence-electron chi connectivity index (χ2n) is 5.29. The number of hydrogen-bond acceptors (Lipinski definition) is 2. The maximum absolute atomic E-state index is 3.84. The summed E-state index contributed by atoms with van der Waals surface area (Å²) in [5, 5.41) is 3.84. The van der Waals surface area contributed by atoms with Crippen molar-refractivity contribution in [3.05, 3.63) is 29.8 Å². The first-order valence-corrected chi connectivity index (χ1v) is 7.22. The molecule has 0 amide bonds. The van der Waals surface area contributed by atoms with Gasteiger partial charge in [0.25, 0.3) is 0 Å². The van der Waals surface area contributed by atoms with Crippen LogP contribution in [0.15, 0.2) is 29.2 Å². The minimum Gasteiger partial charge on any atom is -0.307 e. The topological polar surface area (TPSA) is 12.0 Å². The Hall–Kier alpha value is -0.470. The maximum atomic E-state index is 3.84. The van der Waals surface area contributed by atoms with Crippen LogP contribution in [0.25, 0.3) is 0 Å². The summed E-state index contributed by atoms with van der Waals surface area (Å²) in [6, 6.07) is 10.2. The predicted octanol–water partition coefficient (Wildman–Crippen LogP) is 3.47. The van der Waals surface area contributed by atoms with Crippen molar-refractivity contribution in [1.82, 2.24) is 5.32 Å². The highest BCUT2D eigenvalue weighted by molar-refractivity contribution is 7.99. The number of rotatable bonds is 2. The molecule has 1 saturated carbocycles. The van der Waals surface area contributed by atoms with E-state index in [2.05, 4.69) is 43.4 Å². The summed E-state index contributed by atoms with van der Waals surface area (Å²) in [4.78, 5) is 1.48. The average molecular weight is 233 g/mol. The van der Waals surface area contributed by atoms with Gasteiger partial charge in [0.2, 0.25) is 0 Å². The van der Waals surface area contributed by atoms with Crippen molar-refractivity contribution in [1.29, 1.82) is 0 Å². The van der Waals surface area contributed by atoms with E-state index in [-0.39, 0.29) is 0 Å². The lowest BCUT2D eigenvalue weighted by Crippen LogP contribution is -2.33. The van der Waals surface area contributed by atoms with E-state index in [0.717, 1.165) is 17.9 Å². The summed E-state index contributed by atoms with van der Waals surface area (Å²) in [7, 11) is 0. The van der Waals surface area contributed by atoms with Crippen molar-refractivity contribution in [3.8, 4) is 0 Å². The van der Waals surface area contributed by atoms with Gasteiger partial charge in [-0.3, -0.25) is 0 Å². The van der Waals surface area contributed by atoms with Crippen LogP contribution in [0.1, 0.15) is 31.9 Å². The lowest BCUT2D eigenvalue weighted by Gasteiger charge is -2.32. The second kappa shape index (κ2) is 4.08. The Morgan fingerprint density at radius 1 is 1.19 bits per heavy atom. The fourth-order valence-corrected chi connectivity index (χ4v) is 3.70. The molecule has 1 heterocycles. The van der Waals surface area contributed by atoms with Gasteiger partial charge in [-0.1, -0.05) is 32.0 Å². The molecule has 1 aliphatic heterocycles. The smallest absolute Gasteiger partial charge is 0.0367 e. The predicted molar refractivity (Wildman–Crippen MR) is 69.8 cm³/mol.